The molecule has 0 radical (unpaired) electrons. The van der Waals surface area contributed by atoms with Crippen LogP contribution >= 0.6 is 31.9 Å². The summed E-state index contributed by atoms with van der Waals surface area (Å²) in [4.78, 5) is 0. The quantitative estimate of drug-likeness (QED) is 0.568. The molecule has 0 aliphatic rings. The Morgan fingerprint density at radius 2 is 1.12 bits per heavy atom. The maximum Gasteiger partial charge on any atom is 0.209 e. The molecule has 0 heterocycles. The van der Waals surface area contributed by atoms with Crippen LogP contribution in [0.1, 0.15) is 0 Å². The third-order valence-electron chi connectivity index (χ3n) is 1.55. The van der Waals surface area contributed by atoms with Gasteiger partial charge in [-0.2, -0.15) is 0 Å². The van der Waals surface area contributed by atoms with Crippen LogP contribution < -0.4 is 9.44 Å². The van der Waals surface area contributed by atoms with Crippen molar-refractivity contribution >= 4 is 51.9 Å². The molecule has 0 aliphatic carbocycles. The molecule has 0 aromatic heterocycles. The van der Waals surface area contributed by atoms with Crippen LogP contribution in [0.4, 0.5) is 0 Å². The highest BCUT2D eigenvalue weighted by Gasteiger charge is 2.25. The third-order valence-corrected chi connectivity index (χ3v) is 4.41. The number of alkyl halides is 2. The second kappa shape index (κ2) is 6.64. The minimum atomic E-state index is -3.38. The first-order chi connectivity index (χ1) is 7.09. The maximum absolute atomic E-state index is 11.1. The first-order valence-corrected chi connectivity index (χ1v) is 10.2. The van der Waals surface area contributed by atoms with E-state index in [0.29, 0.717) is 10.7 Å². The van der Waals surface area contributed by atoms with Crippen LogP contribution in [0.5, 0.6) is 0 Å². The molecule has 98 valence electrons. The topological polar surface area (TPSA) is 92.3 Å². The highest BCUT2D eigenvalue weighted by molar-refractivity contribution is 9.09. The van der Waals surface area contributed by atoms with Gasteiger partial charge in [0.1, 0.15) is 0 Å². The number of sulfonamides is 2. The molecule has 2 N–H and O–H groups in total. The van der Waals surface area contributed by atoms with Gasteiger partial charge in [-0.15, -0.1) is 0 Å². The Kier molecular flexibility index (Phi) is 6.97. The summed E-state index contributed by atoms with van der Waals surface area (Å²) in [5, 5.41) is 0.609. The molecule has 0 rings (SSSR count). The van der Waals surface area contributed by atoms with E-state index in [1.807, 2.05) is 0 Å². The van der Waals surface area contributed by atoms with Crippen molar-refractivity contribution in [3.8, 4) is 0 Å². The number of nitrogens with one attached hydrogen (secondary N) is 2. The van der Waals surface area contributed by atoms with Crippen molar-refractivity contribution < 1.29 is 16.8 Å². The van der Waals surface area contributed by atoms with Gasteiger partial charge in [0.2, 0.25) is 20.0 Å². The molecule has 0 amide bonds. The van der Waals surface area contributed by atoms with Crippen molar-refractivity contribution in [1.82, 2.24) is 9.44 Å². The second-order valence-corrected chi connectivity index (χ2v) is 8.16. The highest BCUT2D eigenvalue weighted by Crippen LogP contribution is 2.05. The highest BCUT2D eigenvalue weighted by atomic mass is 79.9. The smallest absolute Gasteiger partial charge is 0.209 e. The summed E-state index contributed by atoms with van der Waals surface area (Å²) in [6.45, 7) is 0. The van der Waals surface area contributed by atoms with Crippen LogP contribution in [-0.2, 0) is 20.0 Å². The lowest BCUT2D eigenvalue weighted by atomic mass is 10.2. The monoisotopic (exact) mass is 400 g/mol. The molecular weight excluding hydrogens is 388 g/mol. The van der Waals surface area contributed by atoms with E-state index in [0.717, 1.165) is 12.5 Å². The molecular formula is C6H14Br2N2O4S2. The molecule has 0 saturated heterocycles. The molecule has 0 aliphatic heterocycles. The van der Waals surface area contributed by atoms with Crippen LogP contribution in [0.3, 0.4) is 0 Å². The van der Waals surface area contributed by atoms with Gasteiger partial charge in [-0.3, -0.25) is 0 Å². The molecule has 0 bridgehead atoms. The van der Waals surface area contributed by atoms with Crippen LogP contribution in [-0.4, -0.2) is 52.1 Å². The minimum absolute atomic E-state index is 0.304. The number of halogens is 2. The van der Waals surface area contributed by atoms with Gasteiger partial charge < -0.3 is 0 Å². The standard InChI is InChI=1S/C6H14Br2N2O4S2/c1-15(11,12)9-5(3-7)6(4-8)10-16(2,13)14/h5-6,9-10H,3-4H2,1-2H3/t5-,6-/m1/s1. The summed E-state index contributed by atoms with van der Waals surface area (Å²) in [5.74, 6) is 0. The zero-order valence-corrected chi connectivity index (χ0v) is 13.6. The van der Waals surface area contributed by atoms with Crippen molar-refractivity contribution in [3.05, 3.63) is 0 Å². The predicted octanol–water partition coefficient (Wildman–Crippen LogP) is -0.388. The molecule has 0 spiro atoms. The van der Waals surface area contributed by atoms with Gasteiger partial charge in [0.05, 0.1) is 12.5 Å². The Bertz CT molecular complexity index is 368. The summed E-state index contributed by atoms with van der Waals surface area (Å²) in [6.07, 6.45) is 2.04. The van der Waals surface area contributed by atoms with E-state index in [2.05, 4.69) is 41.3 Å². The number of hydrogen-bond donors (Lipinski definition) is 2. The van der Waals surface area contributed by atoms with Gasteiger partial charge in [-0.25, -0.2) is 26.3 Å². The van der Waals surface area contributed by atoms with Crippen LogP contribution in [0.25, 0.3) is 0 Å². The van der Waals surface area contributed by atoms with Crippen molar-refractivity contribution in [1.29, 1.82) is 0 Å². The van der Waals surface area contributed by atoms with Gasteiger partial charge in [-0.1, -0.05) is 31.9 Å². The van der Waals surface area contributed by atoms with E-state index in [1.54, 1.807) is 0 Å². The lowest BCUT2D eigenvalue weighted by Gasteiger charge is -2.24. The van der Waals surface area contributed by atoms with Gasteiger partial charge in [0.15, 0.2) is 0 Å². The van der Waals surface area contributed by atoms with Gasteiger partial charge in [0, 0.05) is 22.7 Å². The Balaban J connectivity index is 4.77. The Labute approximate surface area is 113 Å². The fraction of sp³-hybridized carbons (Fsp3) is 1.00. The fourth-order valence-corrected chi connectivity index (χ4v) is 4.24. The van der Waals surface area contributed by atoms with Gasteiger partial charge >= 0.3 is 0 Å². The maximum atomic E-state index is 11.1. The molecule has 10 heteroatoms. The Morgan fingerprint density at radius 1 is 0.875 bits per heavy atom. The summed E-state index contributed by atoms with van der Waals surface area (Å²) in [5.41, 5.74) is 0. The van der Waals surface area contributed by atoms with Crippen molar-refractivity contribution in [2.24, 2.45) is 0 Å². The zero-order chi connectivity index (χ0) is 13.0. The molecule has 2 atom stereocenters. The first kappa shape index (κ1) is 16.8. The first-order valence-electron chi connectivity index (χ1n) is 4.15. The van der Waals surface area contributed by atoms with E-state index in [4.69, 9.17) is 0 Å². The summed E-state index contributed by atoms with van der Waals surface area (Å²) in [7, 11) is -6.76. The van der Waals surface area contributed by atoms with Crippen LogP contribution in [0.15, 0.2) is 0 Å². The Morgan fingerprint density at radius 3 is 1.25 bits per heavy atom. The third kappa shape index (κ3) is 7.96. The van der Waals surface area contributed by atoms with Crippen molar-refractivity contribution in [2.75, 3.05) is 23.2 Å². The van der Waals surface area contributed by atoms with E-state index in [-0.39, 0.29) is 0 Å². The molecule has 0 aromatic rings. The molecule has 0 fully saturated rings. The molecule has 16 heavy (non-hydrogen) atoms. The van der Waals surface area contributed by atoms with Crippen molar-refractivity contribution in [3.63, 3.8) is 0 Å². The van der Waals surface area contributed by atoms with Gasteiger partial charge in [-0.05, 0) is 0 Å². The van der Waals surface area contributed by atoms with Crippen LogP contribution in [0.2, 0.25) is 0 Å². The second-order valence-electron chi connectivity index (χ2n) is 3.30. The summed E-state index contributed by atoms with van der Waals surface area (Å²) < 4.78 is 48.9. The average Bonchev–Trinajstić information content (AvgIpc) is 2.07. The number of hydrogen-bond acceptors (Lipinski definition) is 4. The normalized spacial score (nSPS) is 17.0. The van der Waals surface area contributed by atoms with Crippen molar-refractivity contribution in [2.45, 2.75) is 12.1 Å². The molecule has 0 saturated carbocycles. The summed E-state index contributed by atoms with van der Waals surface area (Å²) >= 11 is 6.27. The van der Waals surface area contributed by atoms with Crippen LogP contribution in [0, 0.1) is 0 Å². The lowest BCUT2D eigenvalue weighted by molar-refractivity contribution is 0.502. The van der Waals surface area contributed by atoms with E-state index in [9.17, 15) is 16.8 Å². The SMILES string of the molecule is CS(=O)(=O)N[C@H](CBr)[C@@H](CBr)NS(C)(=O)=O. The van der Waals surface area contributed by atoms with E-state index < -0.39 is 32.1 Å². The lowest BCUT2D eigenvalue weighted by Crippen LogP contribution is -2.53. The molecule has 6 nitrogen and oxygen atoms in total. The molecule has 0 unspecified atom stereocenters. The van der Waals surface area contributed by atoms with E-state index in [1.165, 1.54) is 0 Å². The average molecular weight is 402 g/mol. The molecule has 0 aromatic carbocycles. The largest absolute Gasteiger partial charge is 0.213 e. The zero-order valence-electron chi connectivity index (χ0n) is 8.77. The van der Waals surface area contributed by atoms with Gasteiger partial charge in [0.25, 0.3) is 0 Å². The minimum Gasteiger partial charge on any atom is -0.213 e. The predicted molar refractivity (Wildman–Crippen MR) is 71.1 cm³/mol. The van der Waals surface area contributed by atoms with E-state index >= 15 is 0 Å². The Hall–Kier alpha value is 0.780. The fourth-order valence-electron chi connectivity index (χ4n) is 0.992. The summed E-state index contributed by atoms with van der Waals surface area (Å²) in [6, 6.07) is -1.10. The number of rotatable bonds is 7.